The van der Waals surface area contributed by atoms with Crippen molar-refractivity contribution in [1.29, 1.82) is 0 Å². The predicted octanol–water partition coefficient (Wildman–Crippen LogP) is 3.95. The summed E-state index contributed by atoms with van der Waals surface area (Å²) < 4.78 is 0. The Morgan fingerprint density at radius 2 is 1.96 bits per heavy atom. The van der Waals surface area contributed by atoms with Crippen molar-refractivity contribution >= 4 is 35.6 Å². The third kappa shape index (κ3) is 5.19. The zero-order chi connectivity index (χ0) is 16.9. The summed E-state index contributed by atoms with van der Waals surface area (Å²) in [6, 6.07) is 14.1. The second-order valence-electron chi connectivity index (χ2n) is 6.43. The number of nitrogens with one attached hydrogen (secondary N) is 1. The smallest absolute Gasteiger partial charge is 0.193 e. The normalized spacial score (nSPS) is 15.0. The lowest BCUT2D eigenvalue weighted by Crippen LogP contribution is -2.25. The van der Waals surface area contributed by atoms with E-state index in [9.17, 15) is 5.11 Å². The zero-order valence-electron chi connectivity index (χ0n) is 14.5. The van der Waals surface area contributed by atoms with E-state index in [1.807, 2.05) is 37.3 Å². The number of aliphatic hydroxyl groups is 1. The molecule has 0 aromatic heterocycles. The predicted molar refractivity (Wildman–Crippen MR) is 115 cm³/mol. The lowest BCUT2D eigenvalue weighted by Gasteiger charge is -2.20. The average molecular weight is 451 g/mol. The first-order chi connectivity index (χ1) is 11.6. The SMILES string of the molecule is Cc1cccc(C(O)CN=C(N)Nc2cccc3c2CCCC3)c1.I. The second-order valence-corrected chi connectivity index (χ2v) is 6.43. The van der Waals surface area contributed by atoms with Gasteiger partial charge in [-0.1, -0.05) is 42.0 Å². The van der Waals surface area contributed by atoms with Gasteiger partial charge >= 0.3 is 0 Å². The third-order valence-electron chi connectivity index (χ3n) is 4.52. The molecular weight excluding hydrogens is 425 g/mol. The van der Waals surface area contributed by atoms with Crippen LogP contribution in [0.5, 0.6) is 0 Å². The van der Waals surface area contributed by atoms with Crippen LogP contribution >= 0.6 is 24.0 Å². The average Bonchev–Trinajstić information content (AvgIpc) is 2.60. The molecule has 0 saturated carbocycles. The lowest BCUT2D eigenvalue weighted by molar-refractivity contribution is 0.187. The summed E-state index contributed by atoms with van der Waals surface area (Å²) >= 11 is 0. The summed E-state index contributed by atoms with van der Waals surface area (Å²) in [7, 11) is 0. The number of nitrogens with two attached hydrogens (primary N) is 1. The van der Waals surface area contributed by atoms with E-state index in [0.717, 1.165) is 29.7 Å². The van der Waals surface area contributed by atoms with Crippen molar-refractivity contribution in [2.24, 2.45) is 10.7 Å². The Hall–Kier alpha value is -1.60. The number of aliphatic imine (C=N–C) groups is 1. The number of aliphatic hydroxyl groups excluding tert-OH is 1. The maximum Gasteiger partial charge on any atom is 0.193 e. The molecule has 0 radical (unpaired) electrons. The summed E-state index contributed by atoms with van der Waals surface area (Å²) in [6.45, 7) is 2.26. The molecule has 1 aliphatic rings. The molecule has 0 amide bonds. The van der Waals surface area contributed by atoms with E-state index < -0.39 is 6.10 Å². The van der Waals surface area contributed by atoms with Crippen molar-refractivity contribution in [2.45, 2.75) is 38.7 Å². The number of halogens is 1. The molecule has 25 heavy (non-hydrogen) atoms. The van der Waals surface area contributed by atoms with E-state index >= 15 is 0 Å². The minimum Gasteiger partial charge on any atom is -0.386 e. The van der Waals surface area contributed by atoms with Crippen molar-refractivity contribution in [3.05, 3.63) is 64.7 Å². The standard InChI is InChI=1S/C20H25N3O.HI/c1-14-6-4-9-16(12-14)19(24)13-22-20(21)23-18-11-5-8-15-7-2-3-10-17(15)18;/h4-6,8-9,11-12,19,24H,2-3,7,10,13H2,1H3,(H3,21,22,23);1H. The van der Waals surface area contributed by atoms with E-state index in [0.29, 0.717) is 5.96 Å². The van der Waals surface area contributed by atoms with E-state index in [4.69, 9.17) is 5.73 Å². The maximum atomic E-state index is 10.3. The highest BCUT2D eigenvalue weighted by Crippen LogP contribution is 2.27. The van der Waals surface area contributed by atoms with Gasteiger partial charge in [0.25, 0.3) is 0 Å². The van der Waals surface area contributed by atoms with Gasteiger partial charge in [-0.05, 0) is 55.4 Å². The highest BCUT2D eigenvalue weighted by Gasteiger charge is 2.13. The monoisotopic (exact) mass is 451 g/mol. The van der Waals surface area contributed by atoms with Gasteiger partial charge in [0.1, 0.15) is 0 Å². The van der Waals surface area contributed by atoms with E-state index in [1.165, 1.54) is 24.0 Å². The number of rotatable bonds is 4. The first-order valence-corrected chi connectivity index (χ1v) is 8.56. The molecule has 2 aromatic carbocycles. The number of guanidine groups is 1. The minimum absolute atomic E-state index is 0. The number of nitrogens with zero attached hydrogens (tertiary/aromatic N) is 1. The molecule has 4 N–H and O–H groups in total. The van der Waals surface area contributed by atoms with Crippen LogP contribution in [0, 0.1) is 6.92 Å². The van der Waals surface area contributed by atoms with Gasteiger partial charge in [-0.25, -0.2) is 0 Å². The van der Waals surface area contributed by atoms with E-state index in [-0.39, 0.29) is 30.5 Å². The number of fused-ring (bicyclic) bond motifs is 1. The number of anilines is 1. The molecule has 1 atom stereocenters. The van der Waals surface area contributed by atoms with Gasteiger partial charge in [-0.3, -0.25) is 4.99 Å². The number of aryl methyl sites for hydroxylation is 2. The molecule has 0 aliphatic heterocycles. The summed E-state index contributed by atoms with van der Waals surface area (Å²) in [5.74, 6) is 0.348. The Kier molecular flexibility index (Phi) is 7.25. The van der Waals surface area contributed by atoms with Gasteiger partial charge in [0, 0.05) is 5.69 Å². The lowest BCUT2D eigenvalue weighted by atomic mass is 9.90. The molecule has 2 aromatic rings. The van der Waals surface area contributed by atoms with Gasteiger partial charge in [0.2, 0.25) is 0 Å². The molecule has 0 bridgehead atoms. The topological polar surface area (TPSA) is 70.6 Å². The van der Waals surface area contributed by atoms with E-state index in [1.54, 1.807) is 0 Å². The third-order valence-corrected chi connectivity index (χ3v) is 4.52. The quantitative estimate of drug-likeness (QED) is 0.375. The van der Waals surface area contributed by atoms with Crippen molar-refractivity contribution in [3.8, 4) is 0 Å². The molecule has 0 fully saturated rings. The summed E-state index contributed by atoms with van der Waals surface area (Å²) in [6.07, 6.45) is 4.04. The van der Waals surface area contributed by atoms with Gasteiger partial charge in [0.05, 0.1) is 12.6 Å². The zero-order valence-corrected chi connectivity index (χ0v) is 16.9. The molecule has 1 aliphatic carbocycles. The van der Waals surface area contributed by atoms with Crippen LogP contribution in [0.15, 0.2) is 47.5 Å². The Bertz CT molecular complexity index is 745. The number of benzene rings is 2. The Morgan fingerprint density at radius 1 is 1.20 bits per heavy atom. The van der Waals surface area contributed by atoms with Crippen LogP contribution in [0.25, 0.3) is 0 Å². The number of hydrogen-bond donors (Lipinski definition) is 3. The van der Waals surface area contributed by atoms with Crippen molar-refractivity contribution in [3.63, 3.8) is 0 Å². The molecule has 134 valence electrons. The summed E-state index contributed by atoms with van der Waals surface area (Å²) in [4.78, 5) is 4.31. The fraction of sp³-hybridized carbons (Fsp3) is 0.350. The van der Waals surface area contributed by atoms with Crippen molar-refractivity contribution in [2.75, 3.05) is 11.9 Å². The van der Waals surface area contributed by atoms with E-state index in [2.05, 4.69) is 22.4 Å². The van der Waals surface area contributed by atoms with Gasteiger partial charge in [-0.2, -0.15) is 0 Å². The van der Waals surface area contributed by atoms with Crippen LogP contribution < -0.4 is 11.1 Å². The first-order valence-electron chi connectivity index (χ1n) is 8.56. The highest BCUT2D eigenvalue weighted by molar-refractivity contribution is 14.0. The van der Waals surface area contributed by atoms with Gasteiger partial charge in [0.15, 0.2) is 5.96 Å². The summed E-state index contributed by atoms with van der Waals surface area (Å²) in [5.41, 5.74) is 11.8. The molecule has 5 heteroatoms. The first kappa shape index (κ1) is 19.7. The Balaban J connectivity index is 0.00000225. The molecular formula is C20H26IN3O. The number of hydrogen-bond acceptors (Lipinski definition) is 2. The highest BCUT2D eigenvalue weighted by atomic mass is 127. The van der Waals surface area contributed by atoms with Crippen LogP contribution in [0.4, 0.5) is 5.69 Å². The van der Waals surface area contributed by atoms with Crippen LogP contribution in [-0.4, -0.2) is 17.6 Å². The van der Waals surface area contributed by atoms with Crippen molar-refractivity contribution in [1.82, 2.24) is 0 Å². The molecule has 0 saturated heterocycles. The fourth-order valence-electron chi connectivity index (χ4n) is 3.24. The summed E-state index contributed by atoms with van der Waals surface area (Å²) in [5, 5.41) is 13.5. The molecule has 4 nitrogen and oxygen atoms in total. The largest absolute Gasteiger partial charge is 0.386 e. The van der Waals surface area contributed by atoms with Crippen LogP contribution in [0.1, 0.15) is 41.2 Å². The fourth-order valence-corrected chi connectivity index (χ4v) is 3.24. The van der Waals surface area contributed by atoms with Crippen LogP contribution in [0.3, 0.4) is 0 Å². The molecule has 1 unspecified atom stereocenters. The maximum absolute atomic E-state index is 10.3. The van der Waals surface area contributed by atoms with Crippen molar-refractivity contribution < 1.29 is 5.11 Å². The Morgan fingerprint density at radius 3 is 2.76 bits per heavy atom. The van der Waals surface area contributed by atoms with Crippen LogP contribution in [0.2, 0.25) is 0 Å². The Labute approximate surface area is 166 Å². The minimum atomic E-state index is -0.644. The van der Waals surface area contributed by atoms with Gasteiger partial charge in [-0.15, -0.1) is 24.0 Å². The second kappa shape index (κ2) is 9.20. The molecule has 3 rings (SSSR count). The van der Waals surface area contributed by atoms with Gasteiger partial charge < -0.3 is 16.2 Å². The molecule has 0 spiro atoms. The molecule has 0 heterocycles. The van der Waals surface area contributed by atoms with Crippen LogP contribution in [-0.2, 0) is 12.8 Å².